The minimum absolute atomic E-state index is 0.0609. The van der Waals surface area contributed by atoms with Crippen molar-refractivity contribution in [3.8, 4) is 0 Å². The summed E-state index contributed by atoms with van der Waals surface area (Å²) >= 11 is 0. The number of amides is 1. The molecule has 0 saturated heterocycles. The fourth-order valence-corrected chi connectivity index (χ4v) is 4.18. The van der Waals surface area contributed by atoms with Crippen molar-refractivity contribution < 1.29 is 18.0 Å². The Morgan fingerprint density at radius 2 is 1.94 bits per heavy atom. The molecule has 0 spiro atoms. The molecule has 1 amide bonds. The van der Waals surface area contributed by atoms with Crippen LogP contribution in [-0.2, 0) is 19.1 Å². The number of guanidine groups is 1. The van der Waals surface area contributed by atoms with Crippen molar-refractivity contribution in [3.05, 3.63) is 88.9 Å². The van der Waals surface area contributed by atoms with Gasteiger partial charge in [-0.1, -0.05) is 24.3 Å². The maximum atomic E-state index is 13.7. The van der Waals surface area contributed by atoms with Crippen LogP contribution >= 0.6 is 0 Å². The van der Waals surface area contributed by atoms with Crippen LogP contribution in [-0.4, -0.2) is 33.8 Å². The summed E-state index contributed by atoms with van der Waals surface area (Å²) in [6.45, 7) is 0.0609. The van der Waals surface area contributed by atoms with Gasteiger partial charge < -0.3 is 16.0 Å². The van der Waals surface area contributed by atoms with Gasteiger partial charge in [0.05, 0.1) is 29.4 Å². The lowest BCUT2D eigenvalue weighted by Gasteiger charge is -2.36. The molecule has 0 unspecified atom stereocenters. The first-order chi connectivity index (χ1) is 16.8. The standard InChI is InChI=1S/C25H25F3N6O/c1-30-24(29)33-22-12-9-17(13-32-22)23(35)34(15-19-11-10-18(14-31-19)25(26,27)28)21-8-4-6-16-5-2-3-7-20(16)21/h2-3,5,7,9-14,21H,4,6,8,15H2,1H3,(H3,29,30,32,33)/t21-/m0/s1. The second-order valence-corrected chi connectivity index (χ2v) is 8.24. The number of carbonyl (C=O) groups excluding carboxylic acids is 1. The molecule has 10 heteroatoms. The molecule has 1 atom stereocenters. The molecule has 2 heterocycles. The fourth-order valence-electron chi connectivity index (χ4n) is 4.18. The number of alkyl halides is 3. The van der Waals surface area contributed by atoms with E-state index >= 15 is 0 Å². The molecule has 1 aliphatic rings. The highest BCUT2D eigenvalue weighted by Gasteiger charge is 2.32. The average Bonchev–Trinajstić information content (AvgIpc) is 2.87. The van der Waals surface area contributed by atoms with Gasteiger partial charge in [-0.15, -0.1) is 0 Å². The summed E-state index contributed by atoms with van der Waals surface area (Å²) in [5, 5.41) is 2.81. The number of hydrogen-bond donors (Lipinski definition) is 2. The minimum atomic E-state index is -4.48. The van der Waals surface area contributed by atoms with Crippen LogP contribution in [0.15, 0.2) is 65.9 Å². The third kappa shape index (κ3) is 5.59. The summed E-state index contributed by atoms with van der Waals surface area (Å²) in [6, 6.07) is 13.2. The molecule has 3 aromatic rings. The van der Waals surface area contributed by atoms with Crippen LogP contribution in [0.25, 0.3) is 0 Å². The molecule has 1 aliphatic carbocycles. The normalized spacial score (nSPS) is 15.9. The van der Waals surface area contributed by atoms with E-state index in [1.54, 1.807) is 17.0 Å². The van der Waals surface area contributed by atoms with E-state index in [-0.39, 0.29) is 24.5 Å². The van der Waals surface area contributed by atoms with Gasteiger partial charge in [0, 0.05) is 19.4 Å². The molecule has 1 aromatic carbocycles. The SMILES string of the molecule is CN=C(N)Nc1ccc(C(=O)N(Cc2ccc(C(F)(F)F)cn2)[C@H]2CCCc3ccccc32)cn1. The molecule has 7 nitrogen and oxygen atoms in total. The smallest absolute Gasteiger partial charge is 0.370 e. The average molecular weight is 483 g/mol. The number of pyridine rings is 2. The lowest BCUT2D eigenvalue weighted by molar-refractivity contribution is -0.137. The Bertz CT molecular complexity index is 1210. The first kappa shape index (κ1) is 24.2. The number of carbonyl (C=O) groups is 1. The van der Waals surface area contributed by atoms with E-state index in [0.29, 0.717) is 17.1 Å². The molecular formula is C25H25F3N6O. The summed E-state index contributed by atoms with van der Waals surface area (Å²) in [6.07, 6.45) is 0.304. The van der Waals surface area contributed by atoms with Crippen LogP contribution in [0.3, 0.4) is 0 Å². The molecule has 0 fully saturated rings. The van der Waals surface area contributed by atoms with Gasteiger partial charge in [0.15, 0.2) is 5.96 Å². The third-order valence-electron chi connectivity index (χ3n) is 5.97. The number of halogens is 3. The Balaban J connectivity index is 1.66. The molecule has 3 N–H and O–H groups in total. The number of aryl methyl sites for hydroxylation is 1. The topological polar surface area (TPSA) is 96.5 Å². The number of benzene rings is 1. The summed E-state index contributed by atoms with van der Waals surface area (Å²) in [7, 11) is 1.54. The number of nitrogens with zero attached hydrogens (tertiary/aromatic N) is 4. The predicted octanol–water partition coefficient (Wildman–Crippen LogP) is 4.57. The van der Waals surface area contributed by atoms with Crippen molar-refractivity contribution in [3.63, 3.8) is 0 Å². The summed E-state index contributed by atoms with van der Waals surface area (Å²) < 4.78 is 39.0. The molecule has 0 bridgehead atoms. The van der Waals surface area contributed by atoms with Crippen molar-refractivity contribution in [2.45, 2.75) is 38.0 Å². The molecule has 0 radical (unpaired) electrons. The van der Waals surface area contributed by atoms with Crippen LogP contribution < -0.4 is 11.1 Å². The number of aliphatic imine (C=N–C) groups is 1. The molecule has 2 aromatic heterocycles. The zero-order chi connectivity index (χ0) is 25.0. The first-order valence-electron chi connectivity index (χ1n) is 11.1. The van der Waals surface area contributed by atoms with Crippen molar-refractivity contribution in [1.29, 1.82) is 0 Å². The Hall–Kier alpha value is -3.95. The molecule has 35 heavy (non-hydrogen) atoms. The number of fused-ring (bicyclic) bond motifs is 1. The van der Waals surface area contributed by atoms with Gasteiger partial charge in [0.25, 0.3) is 5.91 Å². The van der Waals surface area contributed by atoms with Crippen LogP contribution in [0.1, 0.15) is 51.6 Å². The van der Waals surface area contributed by atoms with Crippen molar-refractivity contribution in [1.82, 2.24) is 14.9 Å². The van der Waals surface area contributed by atoms with Crippen molar-refractivity contribution >= 4 is 17.7 Å². The summed E-state index contributed by atoms with van der Waals surface area (Å²) in [5.74, 6) is 0.332. The van der Waals surface area contributed by atoms with Crippen molar-refractivity contribution in [2.24, 2.45) is 10.7 Å². The minimum Gasteiger partial charge on any atom is -0.370 e. The largest absolute Gasteiger partial charge is 0.417 e. The quantitative estimate of drug-likeness (QED) is 0.410. The number of nitrogens with two attached hydrogens (primary N) is 1. The maximum absolute atomic E-state index is 13.7. The Labute approximate surface area is 200 Å². The lowest BCUT2D eigenvalue weighted by Crippen LogP contribution is -2.36. The van der Waals surface area contributed by atoms with E-state index in [1.165, 1.54) is 19.3 Å². The van der Waals surface area contributed by atoms with Gasteiger partial charge in [-0.25, -0.2) is 4.98 Å². The molecular weight excluding hydrogens is 457 g/mol. The predicted molar refractivity (Wildman–Crippen MR) is 127 cm³/mol. The molecule has 0 saturated carbocycles. The van der Waals surface area contributed by atoms with Gasteiger partial charge in [0.2, 0.25) is 0 Å². The Kier molecular flexibility index (Phi) is 6.99. The van der Waals surface area contributed by atoms with E-state index in [1.807, 2.05) is 24.3 Å². The summed E-state index contributed by atoms with van der Waals surface area (Å²) in [5.41, 5.74) is 7.75. The van der Waals surface area contributed by atoms with E-state index in [4.69, 9.17) is 5.73 Å². The second kappa shape index (κ2) is 10.1. The summed E-state index contributed by atoms with van der Waals surface area (Å²) in [4.78, 5) is 27.4. The number of aromatic nitrogens is 2. The zero-order valence-corrected chi connectivity index (χ0v) is 19.1. The van der Waals surface area contributed by atoms with Gasteiger partial charge in [-0.2, -0.15) is 13.2 Å². The second-order valence-electron chi connectivity index (χ2n) is 8.24. The Morgan fingerprint density at radius 1 is 1.14 bits per heavy atom. The lowest BCUT2D eigenvalue weighted by atomic mass is 9.86. The number of nitrogens with one attached hydrogen (secondary N) is 1. The van der Waals surface area contributed by atoms with Gasteiger partial charge in [-0.05, 0) is 54.7 Å². The number of anilines is 1. The van der Waals surface area contributed by atoms with Gasteiger partial charge >= 0.3 is 6.18 Å². The van der Waals surface area contributed by atoms with E-state index in [2.05, 4.69) is 20.3 Å². The Morgan fingerprint density at radius 3 is 2.60 bits per heavy atom. The van der Waals surface area contributed by atoms with Gasteiger partial charge in [-0.3, -0.25) is 14.8 Å². The van der Waals surface area contributed by atoms with Crippen LogP contribution in [0, 0.1) is 0 Å². The van der Waals surface area contributed by atoms with Crippen LogP contribution in [0.4, 0.5) is 19.0 Å². The maximum Gasteiger partial charge on any atom is 0.417 e. The highest BCUT2D eigenvalue weighted by atomic mass is 19.4. The van der Waals surface area contributed by atoms with Crippen molar-refractivity contribution in [2.75, 3.05) is 12.4 Å². The van der Waals surface area contributed by atoms with Crippen LogP contribution in [0.2, 0.25) is 0 Å². The first-order valence-corrected chi connectivity index (χ1v) is 11.1. The molecule has 4 rings (SSSR count). The van der Waals surface area contributed by atoms with Crippen LogP contribution in [0.5, 0.6) is 0 Å². The van der Waals surface area contributed by atoms with E-state index in [0.717, 1.165) is 42.7 Å². The highest BCUT2D eigenvalue weighted by Crippen LogP contribution is 2.36. The fraction of sp³-hybridized carbons (Fsp3) is 0.280. The van der Waals surface area contributed by atoms with E-state index < -0.39 is 11.7 Å². The highest BCUT2D eigenvalue weighted by molar-refractivity contribution is 5.95. The van der Waals surface area contributed by atoms with E-state index in [9.17, 15) is 18.0 Å². The number of hydrogen-bond acceptors (Lipinski definition) is 4. The molecule has 0 aliphatic heterocycles. The zero-order valence-electron chi connectivity index (χ0n) is 19.1. The molecule has 182 valence electrons. The number of rotatable bonds is 5. The third-order valence-corrected chi connectivity index (χ3v) is 5.97. The monoisotopic (exact) mass is 482 g/mol. The van der Waals surface area contributed by atoms with Gasteiger partial charge in [0.1, 0.15) is 5.82 Å².